The molecule has 1 heterocycles. The number of hydrogen-bond acceptors (Lipinski definition) is 4. The molecule has 0 saturated heterocycles. The molecule has 1 atom stereocenters. The maximum atomic E-state index is 14.0. The molecule has 1 aromatic heterocycles. The SMILES string of the molecule is CCNC(=NCc1coc(-c2ccc(C)cc2)n1)NC(C)c1ccc(OC)c(F)c1.I. The first-order valence-corrected chi connectivity index (χ1v) is 9.90. The number of oxazole rings is 1. The molecule has 0 spiro atoms. The summed E-state index contributed by atoms with van der Waals surface area (Å²) in [6.45, 7) is 7.02. The van der Waals surface area contributed by atoms with Crippen LogP contribution in [0.25, 0.3) is 11.5 Å². The Morgan fingerprint density at radius 2 is 1.97 bits per heavy atom. The van der Waals surface area contributed by atoms with Gasteiger partial charge in [-0.15, -0.1) is 24.0 Å². The number of ether oxygens (including phenoxy) is 1. The highest BCUT2D eigenvalue weighted by atomic mass is 127. The fourth-order valence-electron chi connectivity index (χ4n) is 2.93. The van der Waals surface area contributed by atoms with Gasteiger partial charge in [0.05, 0.1) is 19.7 Å². The van der Waals surface area contributed by atoms with Gasteiger partial charge in [-0.3, -0.25) is 0 Å². The predicted octanol–water partition coefficient (Wildman–Crippen LogP) is 5.23. The number of aliphatic imine (C=N–C) groups is 1. The average molecular weight is 538 g/mol. The third-order valence-electron chi connectivity index (χ3n) is 4.62. The van der Waals surface area contributed by atoms with Gasteiger partial charge in [0, 0.05) is 12.1 Å². The van der Waals surface area contributed by atoms with Crippen molar-refractivity contribution in [2.24, 2.45) is 4.99 Å². The molecule has 8 heteroatoms. The summed E-state index contributed by atoms with van der Waals surface area (Å²) in [6, 6.07) is 12.8. The molecule has 2 N–H and O–H groups in total. The summed E-state index contributed by atoms with van der Waals surface area (Å²) in [7, 11) is 1.45. The van der Waals surface area contributed by atoms with Crippen LogP contribution in [-0.2, 0) is 6.54 Å². The number of aryl methyl sites for hydroxylation is 1. The molecule has 6 nitrogen and oxygen atoms in total. The maximum absolute atomic E-state index is 14.0. The van der Waals surface area contributed by atoms with E-state index in [9.17, 15) is 4.39 Å². The summed E-state index contributed by atoms with van der Waals surface area (Å²) in [5, 5.41) is 6.48. The van der Waals surface area contributed by atoms with Gasteiger partial charge in [-0.1, -0.05) is 23.8 Å². The molecule has 1 unspecified atom stereocenters. The highest BCUT2D eigenvalue weighted by Gasteiger charge is 2.12. The summed E-state index contributed by atoms with van der Waals surface area (Å²) in [5.41, 5.74) is 3.63. The number of methoxy groups -OCH3 is 1. The van der Waals surface area contributed by atoms with Crippen LogP contribution in [0.4, 0.5) is 4.39 Å². The van der Waals surface area contributed by atoms with Crippen molar-refractivity contribution in [3.8, 4) is 17.2 Å². The first-order valence-electron chi connectivity index (χ1n) is 9.90. The van der Waals surface area contributed by atoms with E-state index in [4.69, 9.17) is 9.15 Å². The minimum atomic E-state index is -0.392. The Kier molecular flexibility index (Phi) is 9.29. The van der Waals surface area contributed by atoms with E-state index in [0.717, 1.165) is 16.8 Å². The molecule has 0 amide bonds. The molecule has 0 saturated carbocycles. The summed E-state index contributed by atoms with van der Waals surface area (Å²) >= 11 is 0. The Labute approximate surface area is 199 Å². The lowest BCUT2D eigenvalue weighted by molar-refractivity contribution is 0.386. The van der Waals surface area contributed by atoms with Crippen LogP contribution in [0.2, 0.25) is 0 Å². The smallest absolute Gasteiger partial charge is 0.226 e. The second-order valence-electron chi connectivity index (χ2n) is 6.97. The van der Waals surface area contributed by atoms with Crippen LogP contribution in [0.5, 0.6) is 5.75 Å². The van der Waals surface area contributed by atoms with Crippen LogP contribution >= 0.6 is 24.0 Å². The minimum Gasteiger partial charge on any atom is -0.494 e. The zero-order chi connectivity index (χ0) is 21.5. The molecule has 3 rings (SSSR count). The van der Waals surface area contributed by atoms with Gasteiger partial charge >= 0.3 is 0 Å². The zero-order valence-corrected chi connectivity index (χ0v) is 20.4. The Morgan fingerprint density at radius 3 is 2.61 bits per heavy atom. The molecule has 31 heavy (non-hydrogen) atoms. The van der Waals surface area contributed by atoms with Gasteiger partial charge in [0.2, 0.25) is 5.89 Å². The minimum absolute atomic E-state index is 0. The molecule has 0 aliphatic carbocycles. The van der Waals surface area contributed by atoms with Gasteiger partial charge in [0.15, 0.2) is 17.5 Å². The van der Waals surface area contributed by atoms with Crippen LogP contribution < -0.4 is 15.4 Å². The molecular weight excluding hydrogens is 510 g/mol. The van der Waals surface area contributed by atoms with Crippen molar-refractivity contribution in [2.45, 2.75) is 33.4 Å². The number of halogens is 2. The first kappa shape index (κ1) is 24.6. The predicted molar refractivity (Wildman–Crippen MR) is 131 cm³/mol. The monoisotopic (exact) mass is 538 g/mol. The standard InChI is InChI=1S/C23H27FN4O2.HI/c1-5-25-23(27-16(3)18-10-11-21(29-4)20(24)12-18)26-13-19-14-30-22(28-19)17-8-6-15(2)7-9-17;/h6-12,14,16H,5,13H2,1-4H3,(H2,25,26,27);1H. The molecule has 2 aromatic carbocycles. The maximum Gasteiger partial charge on any atom is 0.226 e. The highest BCUT2D eigenvalue weighted by molar-refractivity contribution is 14.0. The van der Waals surface area contributed by atoms with E-state index in [1.807, 2.05) is 51.1 Å². The van der Waals surface area contributed by atoms with Crippen LogP contribution in [0.1, 0.15) is 36.7 Å². The van der Waals surface area contributed by atoms with E-state index < -0.39 is 5.82 Å². The number of nitrogens with zero attached hydrogens (tertiary/aromatic N) is 2. The van der Waals surface area contributed by atoms with Gasteiger partial charge in [-0.05, 0) is 50.6 Å². The second-order valence-corrected chi connectivity index (χ2v) is 6.97. The molecule has 0 aliphatic rings. The van der Waals surface area contributed by atoms with E-state index >= 15 is 0 Å². The number of rotatable bonds is 7. The fourth-order valence-corrected chi connectivity index (χ4v) is 2.93. The van der Waals surface area contributed by atoms with Crippen LogP contribution in [0.3, 0.4) is 0 Å². The molecule has 3 aromatic rings. The third-order valence-corrected chi connectivity index (χ3v) is 4.62. The van der Waals surface area contributed by atoms with Gasteiger partial charge in [-0.2, -0.15) is 0 Å². The Hall–Kier alpha value is -2.62. The van der Waals surface area contributed by atoms with E-state index in [-0.39, 0.29) is 35.8 Å². The molecular formula is C23H28FIN4O2. The normalized spacial score (nSPS) is 12.1. The van der Waals surface area contributed by atoms with Gasteiger partial charge in [-0.25, -0.2) is 14.4 Å². The number of nitrogens with one attached hydrogen (secondary N) is 2. The summed E-state index contributed by atoms with van der Waals surface area (Å²) in [6.07, 6.45) is 1.62. The van der Waals surface area contributed by atoms with Crippen molar-refractivity contribution in [2.75, 3.05) is 13.7 Å². The molecule has 0 bridgehead atoms. The third kappa shape index (κ3) is 6.68. The van der Waals surface area contributed by atoms with Crippen molar-refractivity contribution in [3.63, 3.8) is 0 Å². The van der Waals surface area contributed by atoms with Crippen LogP contribution in [-0.4, -0.2) is 24.6 Å². The molecule has 0 radical (unpaired) electrons. The molecule has 0 fully saturated rings. The van der Waals surface area contributed by atoms with E-state index in [1.54, 1.807) is 12.3 Å². The van der Waals surface area contributed by atoms with Crippen molar-refractivity contribution >= 4 is 29.9 Å². The first-order chi connectivity index (χ1) is 14.5. The molecule has 0 aliphatic heterocycles. The van der Waals surface area contributed by atoms with Crippen molar-refractivity contribution in [1.82, 2.24) is 15.6 Å². The van der Waals surface area contributed by atoms with Crippen molar-refractivity contribution in [3.05, 3.63) is 71.4 Å². The molecule has 166 valence electrons. The van der Waals surface area contributed by atoms with Crippen LogP contribution in [0, 0.1) is 12.7 Å². The lowest BCUT2D eigenvalue weighted by Gasteiger charge is -2.18. The van der Waals surface area contributed by atoms with Gasteiger partial charge in [0.1, 0.15) is 12.0 Å². The summed E-state index contributed by atoms with van der Waals surface area (Å²) in [5.74, 6) is 1.01. The highest BCUT2D eigenvalue weighted by Crippen LogP contribution is 2.22. The topological polar surface area (TPSA) is 71.7 Å². The van der Waals surface area contributed by atoms with Gasteiger partial charge < -0.3 is 19.8 Å². The van der Waals surface area contributed by atoms with Crippen molar-refractivity contribution in [1.29, 1.82) is 0 Å². The Bertz CT molecular complexity index is 1010. The van der Waals surface area contributed by atoms with E-state index in [2.05, 4.69) is 20.6 Å². The lowest BCUT2D eigenvalue weighted by atomic mass is 10.1. The number of guanidine groups is 1. The fraction of sp³-hybridized carbons (Fsp3) is 0.304. The Balaban J connectivity index is 0.00000341. The number of hydrogen-bond donors (Lipinski definition) is 2. The number of benzene rings is 2. The quantitative estimate of drug-likeness (QED) is 0.245. The summed E-state index contributed by atoms with van der Waals surface area (Å²) in [4.78, 5) is 9.10. The zero-order valence-electron chi connectivity index (χ0n) is 18.1. The largest absolute Gasteiger partial charge is 0.494 e. The lowest BCUT2D eigenvalue weighted by Crippen LogP contribution is -2.38. The van der Waals surface area contributed by atoms with Crippen molar-refractivity contribution < 1.29 is 13.5 Å². The average Bonchev–Trinajstić information content (AvgIpc) is 3.21. The van der Waals surface area contributed by atoms with Gasteiger partial charge in [0.25, 0.3) is 0 Å². The Morgan fingerprint density at radius 1 is 1.23 bits per heavy atom. The van der Waals surface area contributed by atoms with E-state index in [0.29, 0.717) is 24.9 Å². The second kappa shape index (κ2) is 11.7. The van der Waals surface area contributed by atoms with E-state index in [1.165, 1.54) is 18.7 Å². The summed E-state index contributed by atoms with van der Waals surface area (Å²) < 4.78 is 24.6. The van der Waals surface area contributed by atoms with Crippen LogP contribution in [0.15, 0.2) is 58.1 Å². The number of aromatic nitrogens is 1.